The summed E-state index contributed by atoms with van der Waals surface area (Å²) in [5.41, 5.74) is 1.82. The van der Waals surface area contributed by atoms with Gasteiger partial charge in [-0.05, 0) is 29.8 Å². The molecule has 0 saturated carbocycles. The number of rotatable bonds is 2. The molecule has 4 heteroatoms. The molecule has 0 saturated heterocycles. The average Bonchev–Trinajstić information content (AvgIpc) is 2.46. The molecule has 0 bridgehead atoms. The predicted octanol–water partition coefficient (Wildman–Crippen LogP) is 5.11. The second-order valence-corrected chi connectivity index (χ2v) is 5.07. The van der Waals surface area contributed by atoms with Crippen LogP contribution in [0.2, 0.25) is 10.2 Å². The maximum absolute atomic E-state index is 6.17. The van der Waals surface area contributed by atoms with E-state index in [0.29, 0.717) is 16.0 Å². The van der Waals surface area contributed by atoms with Crippen LogP contribution in [0.3, 0.4) is 0 Å². The first-order valence-corrected chi connectivity index (χ1v) is 6.84. The third-order valence-corrected chi connectivity index (χ3v) is 3.38. The van der Waals surface area contributed by atoms with E-state index in [1.807, 2.05) is 48.6 Å². The first kappa shape index (κ1) is 13.1. The Balaban J connectivity index is 2.02. The molecule has 3 aromatic rings. The maximum atomic E-state index is 6.17. The van der Waals surface area contributed by atoms with Gasteiger partial charge in [0, 0.05) is 10.4 Å². The summed E-state index contributed by atoms with van der Waals surface area (Å²) in [6.45, 7) is 0. The van der Waals surface area contributed by atoms with Crippen LogP contribution in [0.5, 0.6) is 0 Å². The minimum Gasteiger partial charge on any atom is -0.228 e. The lowest BCUT2D eigenvalue weighted by molar-refractivity contribution is 1.19. The molecule has 0 radical (unpaired) electrons. The highest BCUT2D eigenvalue weighted by Crippen LogP contribution is 2.23. The highest BCUT2D eigenvalue weighted by molar-refractivity contribution is 6.35. The van der Waals surface area contributed by atoms with Crippen molar-refractivity contribution in [2.24, 2.45) is 0 Å². The Kier molecular flexibility index (Phi) is 3.68. The maximum Gasteiger partial charge on any atom is 0.154 e. The molecular formula is C16H10Cl2N2. The second-order valence-electron chi connectivity index (χ2n) is 4.28. The van der Waals surface area contributed by atoms with E-state index < -0.39 is 0 Å². The van der Waals surface area contributed by atoms with Crippen LogP contribution in [0.4, 0.5) is 0 Å². The van der Waals surface area contributed by atoms with Crippen molar-refractivity contribution in [3.8, 4) is 0 Å². The lowest BCUT2D eigenvalue weighted by Crippen LogP contribution is -1.90. The molecular weight excluding hydrogens is 291 g/mol. The van der Waals surface area contributed by atoms with E-state index in [9.17, 15) is 0 Å². The summed E-state index contributed by atoms with van der Waals surface area (Å²) in [6, 6.07) is 15.3. The molecule has 0 fully saturated rings. The van der Waals surface area contributed by atoms with Crippen LogP contribution >= 0.6 is 23.2 Å². The van der Waals surface area contributed by atoms with Crippen molar-refractivity contribution in [2.45, 2.75) is 0 Å². The first-order chi connectivity index (χ1) is 9.72. The SMILES string of the molecule is Clc1ccc2c(Cl)nc(/C=C/c3ccccc3)nc2c1. The van der Waals surface area contributed by atoms with Crippen LogP contribution in [0.15, 0.2) is 48.5 Å². The van der Waals surface area contributed by atoms with Crippen LogP contribution in [0.1, 0.15) is 11.4 Å². The number of hydrogen-bond donors (Lipinski definition) is 0. The van der Waals surface area contributed by atoms with Gasteiger partial charge in [-0.15, -0.1) is 0 Å². The fourth-order valence-corrected chi connectivity index (χ4v) is 2.30. The molecule has 3 rings (SSSR count). The van der Waals surface area contributed by atoms with Gasteiger partial charge in [0.05, 0.1) is 5.52 Å². The highest BCUT2D eigenvalue weighted by Gasteiger charge is 2.04. The number of hydrogen-bond acceptors (Lipinski definition) is 2. The molecule has 2 aromatic carbocycles. The average molecular weight is 301 g/mol. The van der Waals surface area contributed by atoms with E-state index in [-0.39, 0.29) is 0 Å². The largest absolute Gasteiger partial charge is 0.228 e. The Labute approximate surface area is 126 Å². The van der Waals surface area contributed by atoms with E-state index >= 15 is 0 Å². The van der Waals surface area contributed by atoms with Gasteiger partial charge in [0.1, 0.15) is 5.15 Å². The Morgan fingerprint density at radius 3 is 2.45 bits per heavy atom. The van der Waals surface area contributed by atoms with Gasteiger partial charge in [0.2, 0.25) is 0 Å². The van der Waals surface area contributed by atoms with E-state index in [0.717, 1.165) is 16.5 Å². The lowest BCUT2D eigenvalue weighted by atomic mass is 10.2. The van der Waals surface area contributed by atoms with Gasteiger partial charge >= 0.3 is 0 Å². The monoisotopic (exact) mass is 300 g/mol. The summed E-state index contributed by atoms with van der Waals surface area (Å²) in [7, 11) is 0. The molecule has 98 valence electrons. The zero-order chi connectivity index (χ0) is 13.9. The van der Waals surface area contributed by atoms with Crippen molar-refractivity contribution in [1.82, 2.24) is 9.97 Å². The van der Waals surface area contributed by atoms with E-state index in [1.54, 1.807) is 12.1 Å². The fourth-order valence-electron chi connectivity index (χ4n) is 1.89. The topological polar surface area (TPSA) is 25.8 Å². The quantitative estimate of drug-likeness (QED) is 0.615. The highest BCUT2D eigenvalue weighted by atomic mass is 35.5. The number of halogens is 2. The van der Waals surface area contributed by atoms with Crippen LogP contribution in [0, 0.1) is 0 Å². The van der Waals surface area contributed by atoms with Crippen molar-refractivity contribution >= 4 is 46.3 Å². The molecule has 0 aliphatic heterocycles. The minimum atomic E-state index is 0.430. The molecule has 1 aromatic heterocycles. The standard InChI is InChI=1S/C16H10Cl2N2/c17-12-7-8-13-14(10-12)19-15(20-16(13)18)9-6-11-4-2-1-3-5-11/h1-10H/b9-6+. The molecule has 20 heavy (non-hydrogen) atoms. The van der Waals surface area contributed by atoms with Gasteiger partial charge in [-0.1, -0.05) is 59.6 Å². The lowest BCUT2D eigenvalue weighted by Gasteiger charge is -2.02. The van der Waals surface area contributed by atoms with E-state index in [1.165, 1.54) is 0 Å². The molecule has 2 nitrogen and oxygen atoms in total. The van der Waals surface area contributed by atoms with Gasteiger partial charge in [-0.25, -0.2) is 9.97 Å². The Morgan fingerprint density at radius 1 is 0.850 bits per heavy atom. The van der Waals surface area contributed by atoms with Crippen LogP contribution < -0.4 is 0 Å². The molecule has 0 unspecified atom stereocenters. The summed E-state index contributed by atoms with van der Waals surface area (Å²) in [6.07, 6.45) is 3.78. The normalized spacial score (nSPS) is 11.3. The van der Waals surface area contributed by atoms with E-state index in [4.69, 9.17) is 23.2 Å². The van der Waals surface area contributed by atoms with Crippen LogP contribution in [-0.4, -0.2) is 9.97 Å². The Morgan fingerprint density at radius 2 is 1.65 bits per heavy atom. The summed E-state index contributed by atoms with van der Waals surface area (Å²) in [5, 5.41) is 1.86. The van der Waals surface area contributed by atoms with Gasteiger partial charge in [0.25, 0.3) is 0 Å². The van der Waals surface area contributed by atoms with Gasteiger partial charge in [0.15, 0.2) is 5.82 Å². The summed E-state index contributed by atoms with van der Waals surface area (Å²) >= 11 is 12.1. The van der Waals surface area contributed by atoms with Gasteiger partial charge in [-0.3, -0.25) is 0 Å². The Bertz CT molecular complexity index is 783. The molecule has 1 heterocycles. The molecule has 0 atom stereocenters. The smallest absolute Gasteiger partial charge is 0.154 e. The fraction of sp³-hybridized carbons (Fsp3) is 0. The van der Waals surface area contributed by atoms with Crippen molar-refractivity contribution in [2.75, 3.05) is 0 Å². The molecule has 0 aliphatic rings. The molecule has 0 amide bonds. The predicted molar refractivity (Wildman–Crippen MR) is 84.9 cm³/mol. The number of aromatic nitrogens is 2. The van der Waals surface area contributed by atoms with Crippen molar-refractivity contribution in [1.29, 1.82) is 0 Å². The third kappa shape index (κ3) is 2.82. The van der Waals surface area contributed by atoms with Crippen molar-refractivity contribution in [3.63, 3.8) is 0 Å². The minimum absolute atomic E-state index is 0.430. The molecule has 0 spiro atoms. The zero-order valence-electron chi connectivity index (χ0n) is 10.4. The third-order valence-electron chi connectivity index (χ3n) is 2.85. The number of fused-ring (bicyclic) bond motifs is 1. The zero-order valence-corrected chi connectivity index (χ0v) is 11.9. The summed E-state index contributed by atoms with van der Waals surface area (Å²) in [4.78, 5) is 8.72. The molecule has 0 N–H and O–H groups in total. The Hall–Kier alpha value is -1.90. The second kappa shape index (κ2) is 5.61. The van der Waals surface area contributed by atoms with Crippen LogP contribution in [0.25, 0.3) is 23.1 Å². The summed E-state index contributed by atoms with van der Waals surface area (Å²) < 4.78 is 0. The van der Waals surface area contributed by atoms with Crippen molar-refractivity contribution < 1.29 is 0 Å². The van der Waals surface area contributed by atoms with Crippen LogP contribution in [-0.2, 0) is 0 Å². The first-order valence-electron chi connectivity index (χ1n) is 6.08. The van der Waals surface area contributed by atoms with Gasteiger partial charge < -0.3 is 0 Å². The van der Waals surface area contributed by atoms with Crippen molar-refractivity contribution in [3.05, 3.63) is 70.1 Å². The summed E-state index contributed by atoms with van der Waals surface area (Å²) in [5.74, 6) is 0.564. The number of benzene rings is 2. The number of nitrogens with zero attached hydrogens (tertiary/aromatic N) is 2. The molecule has 0 aliphatic carbocycles. The van der Waals surface area contributed by atoms with E-state index in [2.05, 4.69) is 9.97 Å². The van der Waals surface area contributed by atoms with Gasteiger partial charge in [-0.2, -0.15) is 0 Å².